The van der Waals surface area contributed by atoms with E-state index in [0.29, 0.717) is 23.2 Å². The number of carbonyl (C=O) groups is 1. The number of hydrogen-bond donors (Lipinski definition) is 2. The molecule has 0 saturated carbocycles. The van der Waals surface area contributed by atoms with Gasteiger partial charge in [-0.2, -0.15) is 0 Å². The van der Waals surface area contributed by atoms with E-state index in [2.05, 4.69) is 22.3 Å². The van der Waals surface area contributed by atoms with Crippen LogP contribution in [0.4, 0.5) is 5.88 Å². The van der Waals surface area contributed by atoms with Gasteiger partial charge >= 0.3 is 0 Å². The second-order valence-electron chi connectivity index (χ2n) is 6.44. The number of aliphatic hydroxyl groups excluding tert-OH is 1. The van der Waals surface area contributed by atoms with Crippen molar-refractivity contribution in [1.82, 2.24) is 10.1 Å². The second-order valence-corrected chi connectivity index (χ2v) is 6.44. The first-order chi connectivity index (χ1) is 10.4. The molecule has 1 fully saturated rings. The van der Waals surface area contributed by atoms with Crippen LogP contribution in [0.15, 0.2) is 16.9 Å². The van der Waals surface area contributed by atoms with Gasteiger partial charge in [-0.1, -0.05) is 11.6 Å². The number of hydrogen-bond acceptors (Lipinski definition) is 5. The molecule has 1 aliphatic rings. The van der Waals surface area contributed by atoms with Crippen molar-refractivity contribution >= 4 is 17.4 Å². The first-order valence-electron chi connectivity index (χ1n) is 7.72. The fourth-order valence-electron chi connectivity index (χ4n) is 2.91. The van der Waals surface area contributed by atoms with Crippen molar-refractivity contribution in [2.24, 2.45) is 0 Å². The van der Waals surface area contributed by atoms with Crippen LogP contribution in [0, 0.1) is 0 Å². The lowest BCUT2D eigenvalue weighted by Crippen LogP contribution is -2.57. The van der Waals surface area contributed by atoms with Crippen LogP contribution in [0.5, 0.6) is 0 Å². The van der Waals surface area contributed by atoms with Crippen molar-refractivity contribution in [3.8, 4) is 0 Å². The normalized spacial score (nSPS) is 20.9. The highest BCUT2D eigenvalue weighted by atomic mass is 16.5. The number of anilines is 1. The topological polar surface area (TPSA) is 78.6 Å². The smallest absolute Gasteiger partial charge is 0.246 e. The zero-order chi connectivity index (χ0) is 16.3. The van der Waals surface area contributed by atoms with Gasteiger partial charge in [-0.15, -0.1) is 0 Å². The number of likely N-dealkylation sites (tertiary alicyclic amines) is 1. The molecule has 1 amide bonds. The third kappa shape index (κ3) is 3.32. The van der Waals surface area contributed by atoms with Crippen molar-refractivity contribution in [3.63, 3.8) is 0 Å². The van der Waals surface area contributed by atoms with E-state index in [0.717, 1.165) is 25.6 Å². The summed E-state index contributed by atoms with van der Waals surface area (Å²) in [5.74, 6) is 0.175. The van der Waals surface area contributed by atoms with Crippen LogP contribution < -0.4 is 5.32 Å². The summed E-state index contributed by atoms with van der Waals surface area (Å²) in [6.45, 7) is 8.66. The number of amides is 1. The standard InChI is InChI=1S/C16H25N3O3/c1-11(10-20)13-9-14(22-18-13)17-15(21)16(3,4)19-8-6-5-7-12(19)2/h9-10,12,20H,5-8H2,1-4H3,(H,17,21)/b11-10-. The number of allylic oxidation sites excluding steroid dienone is 1. The van der Waals surface area contributed by atoms with Gasteiger partial charge in [0.25, 0.3) is 0 Å². The quantitative estimate of drug-likeness (QED) is 0.835. The highest BCUT2D eigenvalue weighted by Crippen LogP contribution is 2.27. The Morgan fingerprint density at radius 2 is 2.27 bits per heavy atom. The van der Waals surface area contributed by atoms with E-state index < -0.39 is 5.54 Å². The minimum atomic E-state index is -0.616. The lowest BCUT2D eigenvalue weighted by atomic mass is 9.93. The monoisotopic (exact) mass is 307 g/mol. The van der Waals surface area contributed by atoms with Crippen molar-refractivity contribution in [1.29, 1.82) is 0 Å². The predicted molar refractivity (Wildman–Crippen MR) is 85.5 cm³/mol. The van der Waals surface area contributed by atoms with Gasteiger partial charge in [-0.05, 0) is 47.1 Å². The van der Waals surface area contributed by atoms with Crippen LogP contribution in [0.25, 0.3) is 5.57 Å². The largest absolute Gasteiger partial charge is 0.515 e. The Labute approximate surface area is 131 Å². The summed E-state index contributed by atoms with van der Waals surface area (Å²) in [7, 11) is 0. The first-order valence-corrected chi connectivity index (χ1v) is 7.72. The summed E-state index contributed by atoms with van der Waals surface area (Å²) in [4.78, 5) is 14.9. The molecular formula is C16H25N3O3. The minimum Gasteiger partial charge on any atom is -0.515 e. The summed E-state index contributed by atoms with van der Waals surface area (Å²) in [6.07, 6.45) is 4.41. The number of carbonyl (C=O) groups excluding carboxylic acids is 1. The van der Waals surface area contributed by atoms with Gasteiger partial charge in [0.1, 0.15) is 5.69 Å². The van der Waals surface area contributed by atoms with Gasteiger partial charge in [-0.25, -0.2) is 0 Å². The number of rotatable bonds is 4. The molecule has 1 atom stereocenters. The van der Waals surface area contributed by atoms with Crippen molar-refractivity contribution in [2.45, 2.75) is 58.5 Å². The Hall–Kier alpha value is -1.82. The maximum Gasteiger partial charge on any atom is 0.246 e. The fourth-order valence-corrected chi connectivity index (χ4v) is 2.91. The lowest BCUT2D eigenvalue weighted by Gasteiger charge is -2.43. The molecule has 0 aliphatic carbocycles. The average molecular weight is 307 g/mol. The van der Waals surface area contributed by atoms with E-state index in [1.54, 1.807) is 13.0 Å². The minimum absolute atomic E-state index is 0.116. The molecule has 1 unspecified atom stereocenters. The van der Waals surface area contributed by atoms with Gasteiger partial charge in [-0.3, -0.25) is 15.0 Å². The van der Waals surface area contributed by atoms with Crippen LogP contribution in [0.3, 0.4) is 0 Å². The van der Waals surface area contributed by atoms with Crippen LogP contribution in [0.1, 0.15) is 52.7 Å². The van der Waals surface area contributed by atoms with E-state index in [-0.39, 0.29) is 5.91 Å². The summed E-state index contributed by atoms with van der Waals surface area (Å²) < 4.78 is 5.12. The molecule has 6 nitrogen and oxygen atoms in total. The Morgan fingerprint density at radius 3 is 2.91 bits per heavy atom. The molecule has 0 spiro atoms. The molecule has 1 aromatic rings. The van der Waals surface area contributed by atoms with Gasteiger partial charge in [0.15, 0.2) is 0 Å². The Bertz CT molecular complexity index is 563. The van der Waals surface area contributed by atoms with Crippen LogP contribution in [-0.4, -0.2) is 39.2 Å². The molecule has 0 bridgehead atoms. The van der Waals surface area contributed by atoms with Crippen molar-refractivity contribution < 1.29 is 14.4 Å². The summed E-state index contributed by atoms with van der Waals surface area (Å²) in [5, 5.41) is 15.6. The molecule has 122 valence electrons. The zero-order valence-corrected chi connectivity index (χ0v) is 13.7. The number of piperidine rings is 1. The first kappa shape index (κ1) is 16.5. The van der Waals surface area contributed by atoms with Crippen LogP contribution in [-0.2, 0) is 4.79 Å². The molecule has 22 heavy (non-hydrogen) atoms. The van der Waals surface area contributed by atoms with Gasteiger partial charge in [0.2, 0.25) is 11.8 Å². The Morgan fingerprint density at radius 1 is 1.55 bits per heavy atom. The lowest BCUT2D eigenvalue weighted by molar-refractivity contribution is -0.128. The summed E-state index contributed by atoms with van der Waals surface area (Å²) in [5.41, 5.74) is 0.462. The van der Waals surface area contributed by atoms with Gasteiger partial charge < -0.3 is 9.63 Å². The summed E-state index contributed by atoms with van der Waals surface area (Å²) in [6, 6.07) is 2.00. The maximum absolute atomic E-state index is 12.6. The maximum atomic E-state index is 12.6. The van der Waals surface area contributed by atoms with Crippen molar-refractivity contribution in [2.75, 3.05) is 11.9 Å². The Balaban J connectivity index is 2.08. The molecule has 1 aliphatic heterocycles. The van der Waals surface area contributed by atoms with E-state index >= 15 is 0 Å². The highest BCUT2D eigenvalue weighted by molar-refractivity contribution is 5.96. The second kappa shape index (κ2) is 6.52. The zero-order valence-electron chi connectivity index (χ0n) is 13.7. The van der Waals surface area contributed by atoms with E-state index in [4.69, 9.17) is 9.63 Å². The molecule has 2 heterocycles. The predicted octanol–water partition coefficient (Wildman–Crippen LogP) is 3.18. The number of nitrogens with zero attached hydrogens (tertiary/aromatic N) is 2. The van der Waals surface area contributed by atoms with Crippen LogP contribution in [0.2, 0.25) is 0 Å². The van der Waals surface area contributed by atoms with Gasteiger partial charge in [0, 0.05) is 17.7 Å². The molecule has 6 heteroatoms. The van der Waals surface area contributed by atoms with E-state index in [9.17, 15) is 4.79 Å². The third-order valence-electron chi connectivity index (χ3n) is 4.42. The van der Waals surface area contributed by atoms with Crippen LogP contribution >= 0.6 is 0 Å². The Kier molecular flexibility index (Phi) is 4.90. The van der Waals surface area contributed by atoms with E-state index in [1.807, 2.05) is 13.8 Å². The highest BCUT2D eigenvalue weighted by Gasteiger charge is 2.38. The average Bonchev–Trinajstić information content (AvgIpc) is 2.95. The van der Waals surface area contributed by atoms with Gasteiger partial charge in [0.05, 0.1) is 11.8 Å². The van der Waals surface area contributed by atoms with E-state index in [1.165, 1.54) is 6.42 Å². The molecule has 2 N–H and O–H groups in total. The molecule has 1 aromatic heterocycles. The number of aromatic nitrogens is 1. The molecule has 0 radical (unpaired) electrons. The number of aliphatic hydroxyl groups is 1. The SMILES string of the molecule is C/C(=C/O)c1cc(NC(=O)C(C)(C)N2CCCCC2C)on1. The molecule has 1 saturated heterocycles. The molecule has 2 rings (SSSR count). The third-order valence-corrected chi connectivity index (χ3v) is 4.42. The summed E-state index contributed by atoms with van der Waals surface area (Å²) >= 11 is 0. The number of nitrogens with one attached hydrogen (secondary N) is 1. The fraction of sp³-hybridized carbons (Fsp3) is 0.625. The van der Waals surface area contributed by atoms with Crippen molar-refractivity contribution in [3.05, 3.63) is 18.0 Å². The molecular weight excluding hydrogens is 282 g/mol. The molecule has 0 aromatic carbocycles.